The van der Waals surface area contributed by atoms with Gasteiger partial charge in [-0.15, -0.1) is 0 Å². The van der Waals surface area contributed by atoms with Crippen molar-refractivity contribution in [2.24, 2.45) is 7.05 Å². The maximum absolute atomic E-state index is 11.5. The highest BCUT2D eigenvalue weighted by Gasteiger charge is 2.22. The van der Waals surface area contributed by atoms with Crippen molar-refractivity contribution >= 4 is 21.9 Å². The second-order valence-electron chi connectivity index (χ2n) is 2.74. The minimum atomic E-state index is -3.95. The Morgan fingerprint density at radius 3 is 2.60 bits per heavy atom. The molecule has 0 aliphatic heterocycles. The molecule has 0 aliphatic rings. The number of aryl methyl sites for hydroxylation is 1. The highest BCUT2D eigenvalue weighted by Crippen LogP contribution is 2.14. The number of carbonyl (C=O) groups excluding carboxylic acids is 1. The van der Waals surface area contributed by atoms with E-state index in [-0.39, 0.29) is 10.7 Å². The van der Waals surface area contributed by atoms with Gasteiger partial charge < -0.3 is 11.1 Å². The molecule has 0 fully saturated rings. The molecule has 0 saturated carbocycles. The van der Waals surface area contributed by atoms with Gasteiger partial charge >= 0.3 is 6.03 Å². The Labute approximate surface area is 86.5 Å². The quantitative estimate of drug-likeness (QED) is 0.581. The molecule has 1 aromatic heterocycles. The van der Waals surface area contributed by atoms with Crippen LogP contribution < -0.4 is 15.8 Å². The zero-order chi connectivity index (χ0) is 11.6. The molecule has 84 valence electrons. The van der Waals surface area contributed by atoms with Gasteiger partial charge in [0.2, 0.25) is 0 Å². The standard InChI is InChI=1S/C6H11N5O3S/c1-8-6(12)10-15(13,14)4-3-11(2)9-5(4)7/h3H,1-2H3,(H2,7,9)(H2,8,10,12). The summed E-state index contributed by atoms with van der Waals surface area (Å²) in [5.74, 6) is -0.158. The van der Waals surface area contributed by atoms with Crippen LogP contribution in [0.25, 0.3) is 0 Å². The first kappa shape index (κ1) is 11.3. The fourth-order valence-electron chi connectivity index (χ4n) is 0.919. The van der Waals surface area contributed by atoms with Crippen LogP contribution in [0.4, 0.5) is 10.6 Å². The molecule has 0 radical (unpaired) electrons. The fourth-order valence-corrected chi connectivity index (χ4v) is 1.98. The molecule has 15 heavy (non-hydrogen) atoms. The Morgan fingerprint density at radius 1 is 1.60 bits per heavy atom. The van der Waals surface area contributed by atoms with Crippen LogP contribution in [-0.2, 0) is 17.1 Å². The number of aromatic nitrogens is 2. The first-order chi connectivity index (χ1) is 6.86. The van der Waals surface area contributed by atoms with Crippen molar-refractivity contribution in [1.82, 2.24) is 19.8 Å². The monoisotopic (exact) mass is 233 g/mol. The highest BCUT2D eigenvalue weighted by atomic mass is 32.2. The van der Waals surface area contributed by atoms with Crippen molar-refractivity contribution in [2.75, 3.05) is 12.8 Å². The second kappa shape index (κ2) is 3.77. The summed E-state index contributed by atoms with van der Waals surface area (Å²) in [5.41, 5.74) is 5.36. The molecule has 0 aromatic carbocycles. The predicted octanol–water partition coefficient (Wildman–Crippen LogP) is -1.38. The van der Waals surface area contributed by atoms with Crippen LogP contribution in [0.1, 0.15) is 0 Å². The summed E-state index contributed by atoms with van der Waals surface area (Å²) in [4.78, 5) is 10.6. The molecule has 0 bridgehead atoms. The number of hydrogen-bond acceptors (Lipinski definition) is 5. The van der Waals surface area contributed by atoms with Crippen molar-refractivity contribution in [1.29, 1.82) is 0 Å². The molecule has 0 spiro atoms. The predicted molar refractivity (Wildman–Crippen MR) is 52.4 cm³/mol. The van der Waals surface area contributed by atoms with E-state index in [2.05, 4.69) is 10.4 Å². The Balaban J connectivity index is 3.06. The number of rotatable bonds is 2. The van der Waals surface area contributed by atoms with E-state index in [0.717, 1.165) is 0 Å². The number of carbonyl (C=O) groups is 1. The van der Waals surface area contributed by atoms with Gasteiger partial charge in [-0.2, -0.15) is 5.10 Å². The summed E-state index contributed by atoms with van der Waals surface area (Å²) in [7, 11) is -1.13. The lowest BCUT2D eigenvalue weighted by molar-refractivity contribution is 0.248. The average molecular weight is 233 g/mol. The highest BCUT2D eigenvalue weighted by molar-refractivity contribution is 7.90. The molecular weight excluding hydrogens is 222 g/mol. The number of nitrogen functional groups attached to an aromatic ring is 1. The minimum Gasteiger partial charge on any atom is -0.381 e. The van der Waals surface area contributed by atoms with E-state index in [1.807, 2.05) is 0 Å². The lowest BCUT2D eigenvalue weighted by Crippen LogP contribution is -2.37. The van der Waals surface area contributed by atoms with Crippen LogP contribution in [-0.4, -0.2) is 31.3 Å². The second-order valence-corrected chi connectivity index (χ2v) is 4.39. The number of nitrogens with two attached hydrogens (primary N) is 1. The van der Waals surface area contributed by atoms with Gasteiger partial charge in [-0.05, 0) is 0 Å². The van der Waals surface area contributed by atoms with Gasteiger partial charge in [-0.1, -0.05) is 0 Å². The molecule has 0 saturated heterocycles. The number of nitrogens with zero attached hydrogens (tertiary/aromatic N) is 2. The summed E-state index contributed by atoms with van der Waals surface area (Å²) in [6, 6.07) is -0.835. The van der Waals surface area contributed by atoms with Gasteiger partial charge in [0.05, 0.1) is 0 Å². The van der Waals surface area contributed by atoms with Crippen LogP contribution in [0.5, 0.6) is 0 Å². The van der Waals surface area contributed by atoms with Gasteiger partial charge in [-0.3, -0.25) is 4.68 Å². The van der Waals surface area contributed by atoms with Crippen molar-refractivity contribution in [3.63, 3.8) is 0 Å². The average Bonchev–Trinajstić information content (AvgIpc) is 2.45. The molecule has 0 atom stereocenters. The largest absolute Gasteiger partial charge is 0.381 e. The van der Waals surface area contributed by atoms with E-state index in [0.29, 0.717) is 0 Å². The maximum Gasteiger partial charge on any atom is 0.328 e. The Hall–Kier alpha value is -1.77. The van der Waals surface area contributed by atoms with Crippen LogP contribution in [0.15, 0.2) is 11.1 Å². The Kier molecular flexibility index (Phi) is 2.84. The van der Waals surface area contributed by atoms with Crippen molar-refractivity contribution < 1.29 is 13.2 Å². The van der Waals surface area contributed by atoms with Crippen LogP contribution in [0.2, 0.25) is 0 Å². The first-order valence-corrected chi connectivity index (χ1v) is 5.39. The summed E-state index contributed by atoms with van der Waals surface area (Å²) < 4.78 is 26.1. The summed E-state index contributed by atoms with van der Waals surface area (Å²) in [6.07, 6.45) is 1.21. The van der Waals surface area contributed by atoms with Crippen molar-refractivity contribution in [2.45, 2.75) is 4.90 Å². The van der Waals surface area contributed by atoms with Crippen LogP contribution >= 0.6 is 0 Å². The van der Waals surface area contributed by atoms with E-state index in [1.54, 1.807) is 4.72 Å². The molecule has 0 unspecified atom stereocenters. The van der Waals surface area contributed by atoms with E-state index >= 15 is 0 Å². The minimum absolute atomic E-state index is 0.158. The molecular formula is C6H11N5O3S. The molecule has 1 heterocycles. The number of urea groups is 1. The molecule has 0 aliphatic carbocycles. The SMILES string of the molecule is CNC(=O)NS(=O)(=O)c1cn(C)nc1N. The molecule has 4 N–H and O–H groups in total. The summed E-state index contributed by atoms with van der Waals surface area (Å²) in [5, 5.41) is 5.77. The van der Waals surface area contributed by atoms with Gasteiger partial charge in [0.25, 0.3) is 10.0 Å². The first-order valence-electron chi connectivity index (χ1n) is 3.90. The van der Waals surface area contributed by atoms with Gasteiger partial charge in [0.1, 0.15) is 4.90 Å². The Morgan fingerprint density at radius 2 is 2.20 bits per heavy atom. The van der Waals surface area contributed by atoms with Gasteiger partial charge in [0, 0.05) is 20.3 Å². The van der Waals surface area contributed by atoms with Gasteiger partial charge in [0.15, 0.2) is 5.82 Å². The van der Waals surface area contributed by atoms with Crippen molar-refractivity contribution in [3.05, 3.63) is 6.20 Å². The molecule has 8 nitrogen and oxygen atoms in total. The molecule has 1 rings (SSSR count). The molecule has 2 amide bonds. The third kappa shape index (κ3) is 2.37. The lowest BCUT2D eigenvalue weighted by Gasteiger charge is -2.03. The molecule has 1 aromatic rings. The number of hydrogen-bond donors (Lipinski definition) is 3. The van der Waals surface area contributed by atoms with E-state index in [4.69, 9.17) is 5.73 Å². The maximum atomic E-state index is 11.5. The smallest absolute Gasteiger partial charge is 0.328 e. The zero-order valence-corrected chi connectivity index (χ0v) is 9.00. The number of amides is 2. The number of nitrogens with one attached hydrogen (secondary N) is 2. The van der Waals surface area contributed by atoms with E-state index in [9.17, 15) is 13.2 Å². The third-order valence-electron chi connectivity index (χ3n) is 1.57. The fraction of sp³-hybridized carbons (Fsp3) is 0.333. The lowest BCUT2D eigenvalue weighted by atomic mass is 10.7. The van der Waals surface area contributed by atoms with E-state index < -0.39 is 16.1 Å². The van der Waals surface area contributed by atoms with Crippen molar-refractivity contribution in [3.8, 4) is 0 Å². The molecule has 9 heteroatoms. The summed E-state index contributed by atoms with van der Waals surface area (Å²) >= 11 is 0. The number of anilines is 1. The zero-order valence-electron chi connectivity index (χ0n) is 8.18. The number of sulfonamides is 1. The topological polar surface area (TPSA) is 119 Å². The van der Waals surface area contributed by atoms with Crippen LogP contribution in [0.3, 0.4) is 0 Å². The summed E-state index contributed by atoms with van der Waals surface area (Å²) in [6.45, 7) is 0. The van der Waals surface area contributed by atoms with E-state index in [1.165, 1.54) is 25.0 Å². The van der Waals surface area contributed by atoms with Gasteiger partial charge in [-0.25, -0.2) is 17.9 Å². The van der Waals surface area contributed by atoms with Crippen LogP contribution in [0, 0.1) is 0 Å². The Bertz CT molecular complexity index is 477. The normalized spacial score (nSPS) is 11.1. The third-order valence-corrected chi connectivity index (χ3v) is 2.91.